The van der Waals surface area contributed by atoms with Gasteiger partial charge < -0.3 is 30.1 Å². The second-order valence-electron chi connectivity index (χ2n) is 13.2. The molecule has 6 atom stereocenters. The molecule has 0 aliphatic carbocycles. The maximum Gasteiger partial charge on any atom is 0.303 e. The predicted molar refractivity (Wildman–Crippen MR) is 192 cm³/mol. The number of nitrogens with one attached hydrogen (secondary N) is 1. The van der Waals surface area contributed by atoms with Gasteiger partial charge in [-0.3, -0.25) is 14.5 Å². The van der Waals surface area contributed by atoms with Crippen molar-refractivity contribution in [1.82, 2.24) is 10.2 Å². The Morgan fingerprint density at radius 2 is 1.54 bits per heavy atom. The third-order valence-corrected chi connectivity index (χ3v) is 9.61. The number of ether oxygens (including phenoxy) is 2. The fourth-order valence-corrected chi connectivity index (χ4v) is 6.33. The molecule has 1 amide bonds. The van der Waals surface area contributed by atoms with E-state index >= 15 is 0 Å². The van der Waals surface area contributed by atoms with E-state index in [1.165, 1.54) is 0 Å². The van der Waals surface area contributed by atoms with E-state index in [1.54, 1.807) is 0 Å². The van der Waals surface area contributed by atoms with Gasteiger partial charge in [0.2, 0.25) is 5.91 Å². The van der Waals surface area contributed by atoms with Crippen LogP contribution in [-0.4, -0.2) is 57.8 Å². The number of carbonyl (C=O) groups is 2. The Bertz CT molecular complexity index is 1680. The summed E-state index contributed by atoms with van der Waals surface area (Å²) in [6.45, 7) is 5.07. The van der Waals surface area contributed by atoms with Gasteiger partial charge in [0.15, 0.2) is 6.29 Å². The third-order valence-electron chi connectivity index (χ3n) is 9.61. The molecule has 1 aliphatic heterocycles. The zero-order chi connectivity index (χ0) is 35.6. The Balaban J connectivity index is 1.31. The predicted octanol–water partition coefficient (Wildman–Crippen LogP) is 6.56. The van der Waals surface area contributed by atoms with E-state index in [9.17, 15) is 19.8 Å². The molecule has 264 valence electrons. The Morgan fingerprint density at radius 3 is 2.22 bits per heavy atom. The molecule has 9 nitrogen and oxygen atoms in total. The summed E-state index contributed by atoms with van der Waals surface area (Å²) < 4.78 is 13.4. The van der Waals surface area contributed by atoms with Crippen molar-refractivity contribution >= 4 is 11.9 Å². The molecule has 0 saturated carbocycles. The maximum absolute atomic E-state index is 12.2. The van der Waals surface area contributed by atoms with Crippen molar-refractivity contribution in [1.29, 1.82) is 0 Å². The lowest BCUT2D eigenvalue weighted by atomic mass is 9.89. The van der Waals surface area contributed by atoms with Gasteiger partial charge >= 0.3 is 5.97 Å². The molecule has 1 fully saturated rings. The summed E-state index contributed by atoms with van der Waals surface area (Å²) in [5, 5.41) is 32.4. The fourth-order valence-electron chi connectivity index (χ4n) is 6.33. The van der Waals surface area contributed by atoms with Crippen molar-refractivity contribution < 1.29 is 34.4 Å². The Hall–Kier alpha value is -4.38. The van der Waals surface area contributed by atoms with Gasteiger partial charge in [0.25, 0.3) is 0 Å². The van der Waals surface area contributed by atoms with E-state index in [-0.39, 0.29) is 49.5 Å². The first kappa shape index (κ1) is 36.9. The van der Waals surface area contributed by atoms with Crippen molar-refractivity contribution in [2.75, 3.05) is 13.6 Å². The second-order valence-corrected chi connectivity index (χ2v) is 13.2. The summed E-state index contributed by atoms with van der Waals surface area (Å²) in [4.78, 5) is 25.0. The SMILES string of the molecule is CC1C(CN(C)C(C)C(O)c2ccccc2)OC(c2ccc(-c3cccc(CNC(=O)CCCC(=O)O)c3)cc2)OC1c1ccc(CO)cc1. The molecule has 6 unspecified atom stereocenters. The summed E-state index contributed by atoms with van der Waals surface area (Å²) in [6, 6.07) is 33.4. The number of nitrogens with zero attached hydrogens (tertiary/aromatic N) is 1. The Morgan fingerprint density at radius 1 is 0.840 bits per heavy atom. The molecule has 0 spiro atoms. The Labute approximate surface area is 294 Å². The number of hydrogen-bond acceptors (Lipinski definition) is 7. The van der Waals surface area contributed by atoms with Crippen LogP contribution in [0.1, 0.15) is 79.4 Å². The van der Waals surface area contributed by atoms with Crippen molar-refractivity contribution in [3.8, 4) is 11.1 Å². The first-order valence-corrected chi connectivity index (χ1v) is 17.2. The van der Waals surface area contributed by atoms with Crippen LogP contribution in [0.4, 0.5) is 0 Å². The number of aliphatic hydroxyl groups is 2. The number of hydrogen-bond donors (Lipinski definition) is 4. The Kier molecular flexibility index (Phi) is 12.9. The van der Waals surface area contributed by atoms with Gasteiger partial charge in [0.1, 0.15) is 0 Å². The van der Waals surface area contributed by atoms with Crippen LogP contribution in [0.5, 0.6) is 0 Å². The molecule has 1 saturated heterocycles. The van der Waals surface area contributed by atoms with Crippen molar-refractivity contribution in [3.63, 3.8) is 0 Å². The first-order valence-electron chi connectivity index (χ1n) is 17.2. The molecule has 0 aromatic heterocycles. The van der Waals surface area contributed by atoms with Gasteiger partial charge in [-0.25, -0.2) is 0 Å². The summed E-state index contributed by atoms with van der Waals surface area (Å²) >= 11 is 0. The van der Waals surface area contributed by atoms with E-state index in [0.29, 0.717) is 19.5 Å². The largest absolute Gasteiger partial charge is 0.481 e. The lowest BCUT2D eigenvalue weighted by Gasteiger charge is -2.43. The summed E-state index contributed by atoms with van der Waals surface area (Å²) in [5.74, 6) is -1.08. The number of carboxylic acids is 1. The van der Waals surface area contributed by atoms with Gasteiger partial charge in [0.05, 0.1) is 24.9 Å². The van der Waals surface area contributed by atoms with E-state index in [2.05, 4.69) is 17.1 Å². The zero-order valence-corrected chi connectivity index (χ0v) is 28.9. The lowest BCUT2D eigenvalue weighted by Crippen LogP contribution is -2.46. The van der Waals surface area contributed by atoms with Crippen LogP contribution in [0.25, 0.3) is 11.1 Å². The molecule has 4 N–H and O–H groups in total. The highest BCUT2D eigenvalue weighted by Gasteiger charge is 2.39. The normalized spacial score (nSPS) is 20.3. The van der Waals surface area contributed by atoms with Crippen LogP contribution in [0.3, 0.4) is 0 Å². The summed E-state index contributed by atoms with van der Waals surface area (Å²) in [5.41, 5.74) is 6.55. The first-order chi connectivity index (χ1) is 24.1. The minimum Gasteiger partial charge on any atom is -0.481 e. The number of aliphatic hydroxyl groups excluding tert-OH is 2. The van der Waals surface area contributed by atoms with E-state index in [1.807, 2.05) is 117 Å². The van der Waals surface area contributed by atoms with Crippen molar-refractivity contribution in [3.05, 3.63) is 131 Å². The number of aliphatic carboxylic acids is 1. The molecule has 1 aliphatic rings. The van der Waals surface area contributed by atoms with Crippen LogP contribution in [0.2, 0.25) is 0 Å². The fraction of sp³-hybridized carbons (Fsp3) is 0.366. The number of carbonyl (C=O) groups excluding carboxylic acids is 1. The number of rotatable bonds is 15. The van der Waals surface area contributed by atoms with Crippen LogP contribution in [0, 0.1) is 5.92 Å². The standard InChI is InChI=1S/C41H48N2O7/c1-27-36(25-43(3)28(2)39(48)32-10-5-4-6-11-32)49-41(50-40(27)33-17-15-29(26-44)16-18-33)34-21-19-31(20-22-34)35-12-7-9-30(23-35)24-42-37(45)13-8-14-38(46)47/h4-7,9-12,15-23,27-28,36,39-41,44,48H,8,13-14,24-26H2,1-3H3,(H,42,45)(H,46,47). The maximum atomic E-state index is 12.2. The van der Waals surface area contributed by atoms with Gasteiger partial charge in [-0.15, -0.1) is 0 Å². The lowest BCUT2D eigenvalue weighted by molar-refractivity contribution is -0.276. The minimum absolute atomic E-state index is 0.00517. The minimum atomic E-state index is -0.904. The molecule has 1 heterocycles. The van der Waals surface area contributed by atoms with Crippen LogP contribution in [0.15, 0.2) is 103 Å². The van der Waals surface area contributed by atoms with Crippen LogP contribution < -0.4 is 5.32 Å². The average molecular weight is 681 g/mol. The van der Waals surface area contributed by atoms with Gasteiger partial charge in [-0.2, -0.15) is 0 Å². The average Bonchev–Trinajstić information content (AvgIpc) is 3.14. The number of amides is 1. The molecule has 5 rings (SSSR count). The molecule has 4 aromatic carbocycles. The molecular weight excluding hydrogens is 632 g/mol. The van der Waals surface area contributed by atoms with Gasteiger partial charge in [-0.05, 0) is 59.8 Å². The number of benzene rings is 4. The highest BCUT2D eigenvalue weighted by atomic mass is 16.7. The molecule has 0 radical (unpaired) electrons. The van der Waals surface area contributed by atoms with E-state index in [0.717, 1.165) is 38.9 Å². The highest BCUT2D eigenvalue weighted by molar-refractivity contribution is 5.76. The smallest absolute Gasteiger partial charge is 0.303 e. The second kappa shape index (κ2) is 17.5. The van der Waals surface area contributed by atoms with Gasteiger partial charge in [-0.1, -0.05) is 104 Å². The number of carboxylic acid groups (broad SMARTS) is 1. The van der Waals surface area contributed by atoms with Crippen molar-refractivity contribution in [2.24, 2.45) is 5.92 Å². The zero-order valence-electron chi connectivity index (χ0n) is 28.9. The third kappa shape index (κ3) is 9.65. The van der Waals surface area contributed by atoms with Gasteiger partial charge in [0, 0.05) is 43.5 Å². The highest BCUT2D eigenvalue weighted by Crippen LogP contribution is 2.42. The summed E-state index contributed by atoms with van der Waals surface area (Å²) in [7, 11) is 2.01. The molecule has 9 heteroatoms. The van der Waals surface area contributed by atoms with Crippen LogP contribution in [-0.2, 0) is 32.2 Å². The molecular formula is C41H48N2O7. The molecule has 50 heavy (non-hydrogen) atoms. The topological polar surface area (TPSA) is 129 Å². The summed E-state index contributed by atoms with van der Waals surface area (Å²) in [6.07, 6.45) is -1.28. The monoisotopic (exact) mass is 680 g/mol. The van der Waals surface area contributed by atoms with E-state index in [4.69, 9.17) is 14.6 Å². The van der Waals surface area contributed by atoms with E-state index < -0.39 is 18.4 Å². The number of likely N-dealkylation sites (N-methyl/N-ethyl adjacent to an activating group) is 1. The van der Waals surface area contributed by atoms with Crippen LogP contribution >= 0.6 is 0 Å². The van der Waals surface area contributed by atoms with Crippen molar-refractivity contribution in [2.45, 2.75) is 76.9 Å². The molecule has 0 bridgehead atoms. The molecule has 4 aromatic rings. The quantitative estimate of drug-likeness (QED) is 0.111.